The van der Waals surface area contributed by atoms with Gasteiger partial charge in [0, 0.05) is 0 Å². The molecule has 1 aliphatic rings. The zero-order chi connectivity index (χ0) is 20.4. The number of hydrogen-bond acceptors (Lipinski definition) is 4. The molecule has 5 nitrogen and oxygen atoms in total. The number of carbonyl (C=O) groups excluding carboxylic acids is 2. The Balaban J connectivity index is 2.01. The third-order valence-electron chi connectivity index (χ3n) is 3.84. The lowest BCUT2D eigenvalue weighted by atomic mass is 10.1. The zero-order valence-electron chi connectivity index (χ0n) is 14.5. The second-order valence-corrected chi connectivity index (χ2v) is 7.68. The van der Waals surface area contributed by atoms with Crippen molar-refractivity contribution < 1.29 is 14.3 Å². The number of nitrogens with one attached hydrogen (secondary N) is 1. The average Bonchev–Trinajstić information content (AvgIpc) is 2.64. The summed E-state index contributed by atoms with van der Waals surface area (Å²) in [5.41, 5.74) is 0.849. The van der Waals surface area contributed by atoms with Gasteiger partial charge in [-0.2, -0.15) is 0 Å². The van der Waals surface area contributed by atoms with Gasteiger partial charge in [0.05, 0.1) is 26.8 Å². The Labute approximate surface area is 185 Å². The van der Waals surface area contributed by atoms with Crippen molar-refractivity contribution in [1.82, 2.24) is 5.32 Å². The van der Waals surface area contributed by atoms with E-state index in [9.17, 15) is 9.59 Å². The zero-order valence-corrected chi connectivity index (χ0v) is 18.4. The van der Waals surface area contributed by atoms with Gasteiger partial charge in [-0.1, -0.05) is 35.3 Å². The lowest BCUT2D eigenvalue weighted by molar-refractivity contribution is -0.122. The summed E-state index contributed by atoms with van der Waals surface area (Å²) in [6.45, 7) is 2.40. The molecule has 0 saturated carbocycles. The Kier molecular flexibility index (Phi) is 6.40. The van der Waals surface area contributed by atoms with Crippen LogP contribution in [0, 0.1) is 0 Å². The summed E-state index contributed by atoms with van der Waals surface area (Å²) >= 11 is 20.9. The van der Waals surface area contributed by atoms with Crippen LogP contribution in [0.15, 0.2) is 46.4 Å². The van der Waals surface area contributed by atoms with Crippen LogP contribution >= 0.6 is 51.3 Å². The number of nitrogens with zero attached hydrogens (tertiary/aromatic N) is 1. The maximum atomic E-state index is 13.0. The Morgan fingerprint density at radius 3 is 2.68 bits per heavy atom. The van der Waals surface area contributed by atoms with Crippen molar-refractivity contribution in [1.29, 1.82) is 0 Å². The van der Waals surface area contributed by atoms with E-state index >= 15 is 0 Å². The van der Waals surface area contributed by atoms with E-state index in [4.69, 9.17) is 40.2 Å². The Morgan fingerprint density at radius 2 is 2.00 bits per heavy atom. The fourth-order valence-electron chi connectivity index (χ4n) is 2.59. The quantitative estimate of drug-likeness (QED) is 0.366. The summed E-state index contributed by atoms with van der Waals surface area (Å²) in [5.74, 6) is -0.519. The molecule has 28 heavy (non-hydrogen) atoms. The van der Waals surface area contributed by atoms with Gasteiger partial charge in [0.25, 0.3) is 11.8 Å². The minimum absolute atomic E-state index is 0.0656. The molecule has 0 atom stereocenters. The van der Waals surface area contributed by atoms with Gasteiger partial charge < -0.3 is 4.74 Å². The molecule has 1 saturated heterocycles. The molecular weight excluding hydrogens is 487 g/mol. The largest absolute Gasteiger partial charge is 0.493 e. The fourth-order valence-corrected chi connectivity index (χ4v) is 3.75. The Bertz CT molecular complexity index is 1030. The molecule has 0 unspecified atom stereocenters. The van der Waals surface area contributed by atoms with Gasteiger partial charge in [-0.3, -0.25) is 19.8 Å². The molecule has 1 N–H and O–H groups in total. The summed E-state index contributed by atoms with van der Waals surface area (Å²) in [4.78, 5) is 26.6. The molecule has 0 aromatic heterocycles. The highest BCUT2D eigenvalue weighted by atomic mass is 79.9. The third-order valence-corrected chi connectivity index (χ3v) is 5.55. The SMILES string of the molecule is CCOc1ccc(/C=C2\C(=O)NC(=S)N(c3cccc(Cl)c3Cl)C2=O)cc1Br. The fraction of sp³-hybridized carbons (Fsp3) is 0.105. The van der Waals surface area contributed by atoms with Gasteiger partial charge in [-0.05, 0) is 71.0 Å². The molecule has 144 valence electrons. The maximum absolute atomic E-state index is 13.0. The molecule has 3 rings (SSSR count). The maximum Gasteiger partial charge on any atom is 0.270 e. The molecule has 0 aliphatic carbocycles. The van der Waals surface area contributed by atoms with E-state index < -0.39 is 11.8 Å². The van der Waals surface area contributed by atoms with Crippen LogP contribution in [0.2, 0.25) is 10.0 Å². The average molecular weight is 500 g/mol. The topological polar surface area (TPSA) is 58.6 Å². The van der Waals surface area contributed by atoms with Gasteiger partial charge in [0.1, 0.15) is 11.3 Å². The van der Waals surface area contributed by atoms with Crippen LogP contribution in [0.5, 0.6) is 5.75 Å². The monoisotopic (exact) mass is 498 g/mol. The lowest BCUT2D eigenvalue weighted by Gasteiger charge is -2.29. The van der Waals surface area contributed by atoms with Gasteiger partial charge >= 0.3 is 0 Å². The number of rotatable bonds is 4. The number of amides is 2. The summed E-state index contributed by atoms with van der Waals surface area (Å²) in [6.07, 6.45) is 1.48. The van der Waals surface area contributed by atoms with Gasteiger partial charge in [0.15, 0.2) is 5.11 Å². The number of hydrogen-bond donors (Lipinski definition) is 1. The molecular formula is C19H13BrCl2N2O3S. The highest BCUT2D eigenvalue weighted by molar-refractivity contribution is 9.10. The second kappa shape index (κ2) is 8.61. The first-order chi connectivity index (χ1) is 13.3. The van der Waals surface area contributed by atoms with Crippen LogP contribution in [0.25, 0.3) is 6.08 Å². The number of thiocarbonyl (C=S) groups is 1. The molecule has 0 spiro atoms. The number of ether oxygens (including phenoxy) is 1. The number of benzene rings is 2. The highest BCUT2D eigenvalue weighted by Gasteiger charge is 2.35. The molecule has 1 aliphatic heterocycles. The predicted octanol–water partition coefficient (Wildman–Crippen LogP) is 4.99. The van der Waals surface area contributed by atoms with Crippen molar-refractivity contribution in [2.75, 3.05) is 11.5 Å². The molecule has 1 heterocycles. The van der Waals surface area contributed by atoms with Crippen LogP contribution in [0.4, 0.5) is 5.69 Å². The molecule has 2 aromatic carbocycles. The molecule has 0 radical (unpaired) electrons. The van der Waals surface area contributed by atoms with Crippen LogP contribution in [-0.2, 0) is 9.59 Å². The molecule has 9 heteroatoms. The molecule has 2 aromatic rings. The first-order valence-corrected chi connectivity index (χ1v) is 10.1. The number of anilines is 1. The summed E-state index contributed by atoms with van der Waals surface area (Å²) in [6, 6.07) is 10.1. The van der Waals surface area contributed by atoms with Crippen molar-refractivity contribution >= 4 is 80.0 Å². The smallest absolute Gasteiger partial charge is 0.270 e. The Morgan fingerprint density at radius 1 is 1.25 bits per heavy atom. The normalized spacial score (nSPS) is 15.8. The molecule has 1 fully saturated rings. The highest BCUT2D eigenvalue weighted by Crippen LogP contribution is 2.34. The van der Waals surface area contributed by atoms with Crippen molar-refractivity contribution in [3.05, 3.63) is 62.1 Å². The van der Waals surface area contributed by atoms with E-state index in [1.807, 2.05) is 6.92 Å². The van der Waals surface area contributed by atoms with Crippen LogP contribution in [-0.4, -0.2) is 23.5 Å². The van der Waals surface area contributed by atoms with Gasteiger partial charge in [0.2, 0.25) is 0 Å². The summed E-state index contributed by atoms with van der Waals surface area (Å²) < 4.78 is 6.18. The predicted molar refractivity (Wildman–Crippen MR) is 118 cm³/mol. The second-order valence-electron chi connectivity index (χ2n) is 5.65. The number of halogens is 3. The first-order valence-electron chi connectivity index (χ1n) is 8.11. The summed E-state index contributed by atoms with van der Waals surface area (Å²) in [5, 5.41) is 2.88. The third kappa shape index (κ3) is 4.07. The van der Waals surface area contributed by atoms with Gasteiger partial charge in [-0.25, -0.2) is 0 Å². The van der Waals surface area contributed by atoms with Crippen molar-refractivity contribution in [3.8, 4) is 5.75 Å². The first kappa shape index (κ1) is 20.8. The van der Waals surface area contributed by atoms with Crippen molar-refractivity contribution in [2.24, 2.45) is 0 Å². The molecule has 0 bridgehead atoms. The van der Waals surface area contributed by atoms with E-state index in [1.165, 1.54) is 6.08 Å². The Hall–Kier alpha value is -1.93. The van der Waals surface area contributed by atoms with E-state index in [1.54, 1.807) is 36.4 Å². The van der Waals surface area contributed by atoms with E-state index in [-0.39, 0.29) is 20.7 Å². The van der Waals surface area contributed by atoms with Crippen molar-refractivity contribution in [3.63, 3.8) is 0 Å². The van der Waals surface area contributed by atoms with E-state index in [0.717, 1.165) is 4.90 Å². The summed E-state index contributed by atoms with van der Waals surface area (Å²) in [7, 11) is 0. The minimum Gasteiger partial charge on any atom is -0.493 e. The lowest BCUT2D eigenvalue weighted by Crippen LogP contribution is -2.54. The van der Waals surface area contributed by atoms with E-state index in [2.05, 4.69) is 21.2 Å². The minimum atomic E-state index is -0.595. The van der Waals surface area contributed by atoms with Crippen LogP contribution in [0.1, 0.15) is 12.5 Å². The van der Waals surface area contributed by atoms with Gasteiger partial charge in [-0.15, -0.1) is 0 Å². The van der Waals surface area contributed by atoms with E-state index in [0.29, 0.717) is 28.1 Å². The van der Waals surface area contributed by atoms with Crippen LogP contribution < -0.4 is 15.0 Å². The molecule has 2 amide bonds. The number of carbonyl (C=O) groups is 2. The van der Waals surface area contributed by atoms with Crippen molar-refractivity contribution in [2.45, 2.75) is 6.92 Å². The van der Waals surface area contributed by atoms with Crippen LogP contribution in [0.3, 0.4) is 0 Å². The standard InChI is InChI=1S/C19H13BrCl2N2O3S/c1-2-27-15-7-6-10(9-12(15)20)8-11-17(25)23-19(28)24(18(11)26)14-5-3-4-13(21)16(14)22/h3-9H,2H2,1H3,(H,23,25,28)/b11-8+.